The minimum atomic E-state index is -0.398. The second-order valence-electron chi connectivity index (χ2n) is 3.57. The number of aliphatic hydroxyl groups excluding tert-OH is 1. The van der Waals surface area contributed by atoms with Gasteiger partial charge in [-0.1, -0.05) is 11.6 Å². The molecular formula is C11H17ClN2O. The van der Waals surface area contributed by atoms with E-state index < -0.39 is 6.10 Å². The zero-order chi connectivity index (χ0) is 11.3. The molecular weight excluding hydrogens is 212 g/mol. The van der Waals surface area contributed by atoms with E-state index in [4.69, 9.17) is 17.3 Å². The van der Waals surface area contributed by atoms with Gasteiger partial charge in [0.05, 0.1) is 6.10 Å². The van der Waals surface area contributed by atoms with Gasteiger partial charge in [0.1, 0.15) is 0 Å². The van der Waals surface area contributed by atoms with Gasteiger partial charge in [0.25, 0.3) is 0 Å². The zero-order valence-corrected chi connectivity index (χ0v) is 9.59. The van der Waals surface area contributed by atoms with Crippen molar-refractivity contribution in [2.45, 2.75) is 19.4 Å². The maximum absolute atomic E-state index is 9.49. The highest BCUT2D eigenvalue weighted by molar-refractivity contribution is 6.30. The van der Waals surface area contributed by atoms with Crippen LogP contribution >= 0.6 is 11.6 Å². The molecule has 0 saturated heterocycles. The highest BCUT2D eigenvalue weighted by Gasteiger charge is 2.03. The number of hydrogen-bond acceptors (Lipinski definition) is 3. The Morgan fingerprint density at radius 3 is 2.87 bits per heavy atom. The summed E-state index contributed by atoms with van der Waals surface area (Å²) in [6.45, 7) is 2.99. The Balaban J connectivity index is 2.50. The van der Waals surface area contributed by atoms with Crippen LogP contribution in [0.2, 0.25) is 5.02 Å². The van der Waals surface area contributed by atoms with Crippen molar-refractivity contribution in [2.24, 2.45) is 5.73 Å². The summed E-state index contributed by atoms with van der Waals surface area (Å²) < 4.78 is 0. The Morgan fingerprint density at radius 1 is 1.53 bits per heavy atom. The van der Waals surface area contributed by atoms with E-state index in [0.717, 1.165) is 16.3 Å². The Bertz CT molecular complexity index is 317. The number of nitrogens with one attached hydrogen (secondary N) is 1. The topological polar surface area (TPSA) is 58.3 Å². The Kier molecular flexibility index (Phi) is 4.88. The van der Waals surface area contributed by atoms with Crippen LogP contribution in [0.25, 0.3) is 0 Å². The third-order valence-electron chi connectivity index (χ3n) is 2.22. The summed E-state index contributed by atoms with van der Waals surface area (Å²) in [6.07, 6.45) is 0.213. The predicted molar refractivity (Wildman–Crippen MR) is 64.4 cm³/mol. The molecule has 0 saturated carbocycles. The van der Waals surface area contributed by atoms with E-state index in [-0.39, 0.29) is 0 Å². The molecule has 0 aliphatic heterocycles. The minimum absolute atomic E-state index is 0.398. The lowest BCUT2D eigenvalue weighted by Gasteiger charge is -2.13. The quantitative estimate of drug-likeness (QED) is 0.720. The van der Waals surface area contributed by atoms with Crippen LogP contribution in [0.3, 0.4) is 0 Å². The van der Waals surface area contributed by atoms with E-state index in [1.165, 1.54) is 0 Å². The zero-order valence-electron chi connectivity index (χ0n) is 8.83. The molecule has 4 heteroatoms. The lowest BCUT2D eigenvalue weighted by molar-refractivity contribution is 0.180. The fraction of sp³-hybridized carbons (Fsp3) is 0.455. The molecule has 3 nitrogen and oxygen atoms in total. The summed E-state index contributed by atoms with van der Waals surface area (Å²) in [5.41, 5.74) is 7.41. The predicted octanol–water partition coefficient (Wildman–Crippen LogP) is 1.77. The van der Waals surface area contributed by atoms with Crippen LogP contribution in [-0.4, -0.2) is 24.3 Å². The van der Waals surface area contributed by atoms with E-state index in [9.17, 15) is 5.11 Å². The van der Waals surface area contributed by atoms with E-state index in [1.807, 2.05) is 25.1 Å². The largest absolute Gasteiger partial charge is 0.391 e. The first-order valence-electron chi connectivity index (χ1n) is 5.01. The lowest BCUT2D eigenvalue weighted by atomic mass is 10.2. The number of benzene rings is 1. The molecule has 1 rings (SSSR count). The molecule has 15 heavy (non-hydrogen) atoms. The van der Waals surface area contributed by atoms with Crippen molar-refractivity contribution in [1.29, 1.82) is 0 Å². The number of aryl methyl sites for hydroxylation is 1. The average molecular weight is 229 g/mol. The molecule has 1 unspecified atom stereocenters. The van der Waals surface area contributed by atoms with Gasteiger partial charge in [-0.2, -0.15) is 0 Å². The highest BCUT2D eigenvalue weighted by Crippen LogP contribution is 2.19. The first-order valence-corrected chi connectivity index (χ1v) is 5.39. The summed E-state index contributed by atoms with van der Waals surface area (Å²) in [6, 6.07) is 5.62. The number of halogens is 1. The van der Waals surface area contributed by atoms with Crippen LogP contribution in [0.4, 0.5) is 5.69 Å². The van der Waals surface area contributed by atoms with Gasteiger partial charge in [0.15, 0.2) is 0 Å². The Labute approximate surface area is 95.2 Å². The molecule has 0 spiro atoms. The van der Waals surface area contributed by atoms with Gasteiger partial charge < -0.3 is 16.2 Å². The molecule has 1 aromatic carbocycles. The summed E-state index contributed by atoms with van der Waals surface area (Å²) in [7, 11) is 0. The van der Waals surface area contributed by atoms with Gasteiger partial charge in [0.2, 0.25) is 0 Å². The van der Waals surface area contributed by atoms with E-state index in [0.29, 0.717) is 19.5 Å². The first-order chi connectivity index (χ1) is 7.13. The van der Waals surface area contributed by atoms with E-state index in [2.05, 4.69) is 5.32 Å². The van der Waals surface area contributed by atoms with Crippen LogP contribution in [0.1, 0.15) is 12.0 Å². The van der Waals surface area contributed by atoms with Crippen LogP contribution in [0.5, 0.6) is 0 Å². The van der Waals surface area contributed by atoms with Gasteiger partial charge in [-0.3, -0.25) is 0 Å². The van der Waals surface area contributed by atoms with E-state index in [1.54, 1.807) is 0 Å². The maximum Gasteiger partial charge on any atom is 0.0724 e. The normalized spacial score (nSPS) is 12.5. The maximum atomic E-state index is 9.49. The molecule has 0 heterocycles. The molecule has 84 valence electrons. The first kappa shape index (κ1) is 12.3. The van der Waals surface area contributed by atoms with Gasteiger partial charge in [-0.25, -0.2) is 0 Å². The third-order valence-corrected chi connectivity index (χ3v) is 2.45. The van der Waals surface area contributed by atoms with Gasteiger partial charge in [-0.05, 0) is 43.7 Å². The van der Waals surface area contributed by atoms with Crippen molar-refractivity contribution in [3.05, 3.63) is 28.8 Å². The smallest absolute Gasteiger partial charge is 0.0724 e. The molecule has 4 N–H and O–H groups in total. The molecule has 1 aromatic rings. The van der Waals surface area contributed by atoms with Crippen molar-refractivity contribution in [3.63, 3.8) is 0 Å². The van der Waals surface area contributed by atoms with Gasteiger partial charge in [-0.15, -0.1) is 0 Å². The number of nitrogens with two attached hydrogens (primary N) is 1. The van der Waals surface area contributed by atoms with Crippen LogP contribution < -0.4 is 11.1 Å². The van der Waals surface area contributed by atoms with Crippen LogP contribution in [0, 0.1) is 6.92 Å². The molecule has 0 fully saturated rings. The molecule has 0 aromatic heterocycles. The Hall–Kier alpha value is -0.770. The van der Waals surface area contributed by atoms with Gasteiger partial charge in [0, 0.05) is 17.3 Å². The summed E-state index contributed by atoms with van der Waals surface area (Å²) in [4.78, 5) is 0. The van der Waals surface area contributed by atoms with Crippen molar-refractivity contribution < 1.29 is 5.11 Å². The van der Waals surface area contributed by atoms with Gasteiger partial charge >= 0.3 is 0 Å². The van der Waals surface area contributed by atoms with Crippen LogP contribution in [0.15, 0.2) is 18.2 Å². The fourth-order valence-electron chi connectivity index (χ4n) is 1.35. The van der Waals surface area contributed by atoms with Crippen molar-refractivity contribution in [2.75, 3.05) is 18.4 Å². The number of anilines is 1. The lowest BCUT2D eigenvalue weighted by Crippen LogP contribution is -2.22. The highest BCUT2D eigenvalue weighted by atomic mass is 35.5. The molecule has 0 aliphatic carbocycles. The van der Waals surface area contributed by atoms with Crippen molar-refractivity contribution in [1.82, 2.24) is 0 Å². The molecule has 0 radical (unpaired) electrons. The minimum Gasteiger partial charge on any atom is -0.391 e. The number of rotatable bonds is 5. The average Bonchev–Trinajstić information content (AvgIpc) is 2.17. The second-order valence-corrected chi connectivity index (χ2v) is 4.01. The second kappa shape index (κ2) is 5.95. The fourth-order valence-corrected chi connectivity index (χ4v) is 1.57. The molecule has 0 bridgehead atoms. The summed E-state index contributed by atoms with van der Waals surface area (Å²) in [5, 5.41) is 13.4. The summed E-state index contributed by atoms with van der Waals surface area (Å²) >= 11 is 5.84. The molecule has 0 aliphatic rings. The number of hydrogen-bond donors (Lipinski definition) is 3. The van der Waals surface area contributed by atoms with Crippen LogP contribution in [-0.2, 0) is 0 Å². The SMILES string of the molecule is Cc1cc(Cl)ccc1NCC(O)CCN. The monoisotopic (exact) mass is 228 g/mol. The Morgan fingerprint density at radius 2 is 2.27 bits per heavy atom. The summed E-state index contributed by atoms with van der Waals surface area (Å²) in [5.74, 6) is 0. The van der Waals surface area contributed by atoms with Crippen molar-refractivity contribution in [3.8, 4) is 0 Å². The number of aliphatic hydroxyl groups is 1. The third kappa shape index (κ3) is 4.08. The standard InChI is InChI=1S/C11H17ClN2O/c1-8-6-9(12)2-3-11(8)14-7-10(15)4-5-13/h2-3,6,10,14-15H,4-5,7,13H2,1H3. The van der Waals surface area contributed by atoms with Crippen molar-refractivity contribution >= 4 is 17.3 Å². The van der Waals surface area contributed by atoms with E-state index >= 15 is 0 Å². The molecule has 1 atom stereocenters. The molecule has 0 amide bonds.